The summed E-state index contributed by atoms with van der Waals surface area (Å²) >= 11 is 7.97. The quantitative estimate of drug-likeness (QED) is 0.389. The SMILES string of the molecule is CN(C)C(=S)[S][Pb]([S]C(=S)N(C)C)([c]1ccccc1)[c]1ccccc1. The fraction of sp³-hybridized carbons (Fsp3) is 0.222. The van der Waals surface area contributed by atoms with Gasteiger partial charge >= 0.3 is 173 Å². The summed E-state index contributed by atoms with van der Waals surface area (Å²) in [4.78, 5) is 4.06. The van der Waals surface area contributed by atoms with Crippen LogP contribution in [-0.4, -0.2) is 64.8 Å². The van der Waals surface area contributed by atoms with Crippen molar-refractivity contribution in [1.29, 1.82) is 0 Å². The van der Waals surface area contributed by atoms with Crippen molar-refractivity contribution in [3.05, 3.63) is 60.7 Å². The van der Waals surface area contributed by atoms with Gasteiger partial charge in [-0.15, -0.1) is 0 Å². The summed E-state index contributed by atoms with van der Waals surface area (Å²) < 4.78 is 4.63. The molecule has 0 amide bonds. The van der Waals surface area contributed by atoms with Gasteiger partial charge < -0.3 is 0 Å². The molecule has 25 heavy (non-hydrogen) atoms. The van der Waals surface area contributed by atoms with Crippen LogP contribution in [0.25, 0.3) is 0 Å². The van der Waals surface area contributed by atoms with Gasteiger partial charge in [-0.2, -0.15) is 0 Å². The third-order valence-electron chi connectivity index (χ3n) is 3.50. The summed E-state index contributed by atoms with van der Waals surface area (Å²) in [6, 6.07) is 21.6. The van der Waals surface area contributed by atoms with Crippen molar-refractivity contribution in [2.24, 2.45) is 0 Å². The number of rotatable bonds is 4. The molecule has 0 bridgehead atoms. The molecule has 0 spiro atoms. The molecule has 7 heteroatoms. The van der Waals surface area contributed by atoms with E-state index in [2.05, 4.69) is 60.7 Å². The van der Waals surface area contributed by atoms with Gasteiger partial charge in [0.1, 0.15) is 0 Å². The van der Waals surface area contributed by atoms with Gasteiger partial charge in [-0.25, -0.2) is 0 Å². The molecule has 2 aromatic carbocycles. The summed E-state index contributed by atoms with van der Waals surface area (Å²) in [5.41, 5.74) is 0. The molecule has 0 N–H and O–H groups in total. The molecule has 0 atom stereocenters. The minimum atomic E-state index is -3.47. The summed E-state index contributed by atoms with van der Waals surface area (Å²) in [6.07, 6.45) is 0. The van der Waals surface area contributed by atoms with Crippen LogP contribution in [0.5, 0.6) is 0 Å². The van der Waals surface area contributed by atoms with E-state index < -0.39 is 18.2 Å². The molecule has 2 aromatic rings. The Morgan fingerprint density at radius 3 is 1.28 bits per heavy atom. The molecule has 0 aliphatic rings. The molecule has 0 saturated carbocycles. The zero-order chi connectivity index (χ0) is 18.4. The maximum absolute atomic E-state index is 5.72. The summed E-state index contributed by atoms with van der Waals surface area (Å²) in [5, 5.41) is 0. The van der Waals surface area contributed by atoms with Crippen LogP contribution in [0, 0.1) is 0 Å². The zero-order valence-electron chi connectivity index (χ0n) is 14.8. The first kappa shape index (κ1) is 21.1. The van der Waals surface area contributed by atoms with Gasteiger partial charge in [0.15, 0.2) is 0 Å². The Morgan fingerprint density at radius 2 is 1.00 bits per heavy atom. The first-order valence-corrected chi connectivity index (χ1v) is 23.6. The molecule has 0 aliphatic heterocycles. The van der Waals surface area contributed by atoms with E-state index in [1.165, 1.54) is 6.25 Å². The summed E-state index contributed by atoms with van der Waals surface area (Å²) in [5.74, 6) is 0. The number of thiocarbonyl (C=S) groups is 2. The number of nitrogens with zero attached hydrogens (tertiary/aromatic N) is 2. The molecule has 0 unspecified atom stereocenters. The zero-order valence-corrected chi connectivity index (χ0v) is 22.0. The Morgan fingerprint density at radius 1 is 0.680 bits per heavy atom. The van der Waals surface area contributed by atoms with Gasteiger partial charge in [0.25, 0.3) is 0 Å². The van der Waals surface area contributed by atoms with Crippen LogP contribution in [0.4, 0.5) is 0 Å². The second kappa shape index (κ2) is 9.68. The Hall–Kier alpha value is -0.158. The van der Waals surface area contributed by atoms with E-state index in [4.69, 9.17) is 24.4 Å². The average Bonchev–Trinajstić information content (AvgIpc) is 2.62. The Labute approximate surface area is 171 Å². The molecule has 0 aromatic heterocycles. The number of benzene rings is 2. The standard InChI is InChI=1S/2C6H5.2C3H7NS2.Pb/c2*1-2-4-6-5-3-1;2*1-4(2)3(5)6;/h2*1-5H;2*1-2H3,(H,5,6);/q;;;;+2/p-2. The van der Waals surface area contributed by atoms with E-state index in [9.17, 15) is 0 Å². The molecular weight excluding hydrogens is 580 g/mol. The van der Waals surface area contributed by atoms with E-state index in [0.29, 0.717) is 0 Å². The maximum atomic E-state index is 5.72. The topological polar surface area (TPSA) is 6.48 Å². The Kier molecular flexibility index (Phi) is 8.19. The van der Waals surface area contributed by atoms with E-state index >= 15 is 0 Å². The van der Waals surface area contributed by atoms with E-state index in [1.807, 2.05) is 54.6 Å². The summed E-state index contributed by atoms with van der Waals surface area (Å²) in [7, 11) is 11.8. The second-order valence-corrected chi connectivity index (χ2v) is 35.4. The van der Waals surface area contributed by atoms with E-state index in [1.54, 1.807) is 0 Å². The number of hydrogen-bond donors (Lipinski definition) is 0. The molecule has 0 aliphatic carbocycles. The van der Waals surface area contributed by atoms with Crippen molar-refractivity contribution in [3.63, 3.8) is 0 Å². The first-order chi connectivity index (χ1) is 11.9. The third-order valence-corrected chi connectivity index (χ3v) is 42.2. The second-order valence-electron chi connectivity index (χ2n) is 5.87. The van der Waals surface area contributed by atoms with Gasteiger partial charge in [0.05, 0.1) is 0 Å². The van der Waals surface area contributed by atoms with Gasteiger partial charge in [0.2, 0.25) is 0 Å². The third kappa shape index (κ3) is 5.41. The van der Waals surface area contributed by atoms with Crippen LogP contribution in [0.3, 0.4) is 0 Å². The normalized spacial score (nSPS) is 11.0. The van der Waals surface area contributed by atoms with Crippen LogP contribution >= 0.6 is 41.1 Å². The predicted molar refractivity (Wildman–Crippen MR) is 126 cm³/mol. The van der Waals surface area contributed by atoms with Crippen molar-refractivity contribution in [3.8, 4) is 0 Å². The van der Waals surface area contributed by atoms with Gasteiger partial charge in [-0.3, -0.25) is 0 Å². The first-order valence-electron chi connectivity index (χ1n) is 7.78. The van der Waals surface area contributed by atoms with Crippen molar-refractivity contribution >= 4 is 74.1 Å². The average molecular weight is 602 g/mol. The van der Waals surface area contributed by atoms with Crippen molar-refractivity contribution < 1.29 is 0 Å². The van der Waals surface area contributed by atoms with Gasteiger partial charge in [-0.05, 0) is 0 Å². The molecular formula is C18H22N2PbS4. The van der Waals surface area contributed by atoms with Crippen molar-refractivity contribution in [1.82, 2.24) is 9.80 Å². The van der Waals surface area contributed by atoms with Crippen LogP contribution < -0.4 is 6.25 Å². The van der Waals surface area contributed by atoms with Crippen molar-refractivity contribution in [2.75, 3.05) is 28.2 Å². The molecule has 2 rings (SSSR count). The molecule has 132 valence electrons. The van der Waals surface area contributed by atoms with Crippen molar-refractivity contribution in [2.45, 2.75) is 0 Å². The molecule has 0 radical (unpaired) electrons. The van der Waals surface area contributed by atoms with Crippen LogP contribution in [0.15, 0.2) is 60.7 Å². The van der Waals surface area contributed by atoms with Gasteiger partial charge in [-0.1, -0.05) is 0 Å². The monoisotopic (exact) mass is 602 g/mol. The number of hydrogen-bond acceptors (Lipinski definition) is 4. The molecule has 0 fully saturated rings. The minimum absolute atomic E-state index is 0.920. The van der Waals surface area contributed by atoms with Crippen LogP contribution in [0.2, 0.25) is 0 Å². The molecule has 0 heterocycles. The molecule has 2 nitrogen and oxygen atoms in total. The van der Waals surface area contributed by atoms with Gasteiger partial charge in [0, 0.05) is 0 Å². The molecule has 0 saturated heterocycles. The summed E-state index contributed by atoms with van der Waals surface area (Å²) in [6.45, 7) is 0. The van der Waals surface area contributed by atoms with E-state index in [0.717, 1.165) is 8.64 Å². The fourth-order valence-corrected chi connectivity index (χ4v) is 45.1. The Balaban J connectivity index is 2.64. The predicted octanol–water partition coefficient (Wildman–Crippen LogP) is 3.40. The van der Waals surface area contributed by atoms with Crippen LogP contribution in [0.1, 0.15) is 0 Å². The van der Waals surface area contributed by atoms with Crippen LogP contribution in [-0.2, 0) is 0 Å². The fourth-order valence-electron chi connectivity index (χ4n) is 2.17. The Bertz CT molecular complexity index is 657. The van der Waals surface area contributed by atoms with E-state index in [-0.39, 0.29) is 0 Å².